The van der Waals surface area contributed by atoms with Crippen molar-refractivity contribution in [2.45, 2.75) is 103 Å². The molecule has 1 unspecified atom stereocenters. The van der Waals surface area contributed by atoms with Crippen LogP contribution in [-0.2, 0) is 28.8 Å². The third kappa shape index (κ3) is 6.34. The van der Waals surface area contributed by atoms with Crippen molar-refractivity contribution >= 4 is 36.3 Å². The molecule has 1 heterocycles. The molecule has 7 nitrogen and oxygen atoms in total. The standard InChI is InChI=1S/C28H46NO6PS/c1-9-35-36(8,32)28(34-7)16-14-21(15-17-28)29(25(30)20-12-10-19(2)11-13-20)22-18-23(27(3,4)5)37-24(22)26(31)33-6/h18-21H,9-17H2,1-8H3. The van der Waals surface area contributed by atoms with E-state index in [4.69, 9.17) is 14.0 Å². The highest BCUT2D eigenvalue weighted by Crippen LogP contribution is 2.62. The number of rotatable bonds is 8. The van der Waals surface area contributed by atoms with Gasteiger partial charge in [0.2, 0.25) is 13.3 Å². The lowest BCUT2D eigenvalue weighted by molar-refractivity contribution is -0.124. The lowest BCUT2D eigenvalue weighted by Gasteiger charge is -2.45. The van der Waals surface area contributed by atoms with E-state index >= 15 is 0 Å². The maximum atomic E-state index is 14.2. The Kier molecular flexibility index (Phi) is 9.75. The summed E-state index contributed by atoms with van der Waals surface area (Å²) in [5.41, 5.74) is 0.481. The first-order valence-corrected chi connectivity index (χ1v) is 16.5. The van der Waals surface area contributed by atoms with Gasteiger partial charge >= 0.3 is 5.97 Å². The molecule has 0 spiro atoms. The second-order valence-corrected chi connectivity index (χ2v) is 15.7. The molecule has 2 fully saturated rings. The van der Waals surface area contributed by atoms with Gasteiger partial charge in [-0.25, -0.2) is 4.79 Å². The summed E-state index contributed by atoms with van der Waals surface area (Å²) in [7, 11) is -0.0415. The van der Waals surface area contributed by atoms with Crippen molar-refractivity contribution in [2.24, 2.45) is 11.8 Å². The Labute approximate surface area is 227 Å². The van der Waals surface area contributed by atoms with Crippen LogP contribution in [-0.4, -0.2) is 50.8 Å². The normalized spacial score (nSPS) is 28.4. The first kappa shape index (κ1) is 30.3. The van der Waals surface area contributed by atoms with E-state index in [0.717, 1.165) is 30.6 Å². The predicted octanol–water partition coefficient (Wildman–Crippen LogP) is 7.22. The largest absolute Gasteiger partial charge is 0.465 e. The zero-order valence-electron chi connectivity index (χ0n) is 23.9. The summed E-state index contributed by atoms with van der Waals surface area (Å²) >= 11 is 1.41. The Morgan fingerprint density at radius 2 is 1.70 bits per heavy atom. The van der Waals surface area contributed by atoms with Crippen LogP contribution in [0.15, 0.2) is 6.07 Å². The number of anilines is 1. The quantitative estimate of drug-likeness (QED) is 0.249. The summed E-state index contributed by atoms with van der Waals surface area (Å²) < 4.78 is 30.2. The van der Waals surface area contributed by atoms with E-state index in [9.17, 15) is 14.2 Å². The van der Waals surface area contributed by atoms with Gasteiger partial charge in [-0.3, -0.25) is 9.36 Å². The molecule has 2 aliphatic rings. The van der Waals surface area contributed by atoms with Crippen LogP contribution >= 0.6 is 18.7 Å². The SMILES string of the molecule is CCOP(C)(=O)C1(OC)CCC(N(C(=O)C2CCC(C)CC2)c2cc(C(C)(C)C)sc2C(=O)OC)CC1. The summed E-state index contributed by atoms with van der Waals surface area (Å²) in [5, 5.41) is -0.856. The minimum Gasteiger partial charge on any atom is -0.465 e. The van der Waals surface area contributed by atoms with Crippen molar-refractivity contribution in [1.29, 1.82) is 0 Å². The van der Waals surface area contributed by atoms with E-state index in [1.165, 1.54) is 18.4 Å². The van der Waals surface area contributed by atoms with E-state index in [2.05, 4.69) is 27.7 Å². The van der Waals surface area contributed by atoms with Gasteiger partial charge in [0.05, 0.1) is 19.4 Å². The predicted molar refractivity (Wildman–Crippen MR) is 150 cm³/mol. The fraction of sp³-hybridized carbons (Fsp3) is 0.786. The summed E-state index contributed by atoms with van der Waals surface area (Å²) in [6, 6.07) is 1.89. The topological polar surface area (TPSA) is 82.1 Å². The van der Waals surface area contributed by atoms with Crippen molar-refractivity contribution < 1.29 is 28.2 Å². The summed E-state index contributed by atoms with van der Waals surface area (Å²) in [6.45, 7) is 12.4. The molecule has 1 aromatic rings. The van der Waals surface area contributed by atoms with E-state index in [0.29, 0.717) is 48.8 Å². The van der Waals surface area contributed by atoms with Gasteiger partial charge in [-0.2, -0.15) is 0 Å². The maximum Gasteiger partial charge on any atom is 0.350 e. The summed E-state index contributed by atoms with van der Waals surface area (Å²) in [5.74, 6) is 0.247. The van der Waals surface area contributed by atoms with Crippen LogP contribution in [0, 0.1) is 11.8 Å². The molecule has 1 aromatic heterocycles. The molecule has 9 heteroatoms. The zero-order valence-corrected chi connectivity index (χ0v) is 25.6. The van der Waals surface area contributed by atoms with E-state index in [-0.39, 0.29) is 23.3 Å². The molecule has 37 heavy (non-hydrogen) atoms. The molecular formula is C28H46NO6PS. The van der Waals surface area contributed by atoms with Crippen molar-refractivity contribution in [3.63, 3.8) is 0 Å². The van der Waals surface area contributed by atoms with Crippen LogP contribution in [0.4, 0.5) is 5.69 Å². The number of carbonyl (C=O) groups excluding carboxylic acids is 2. The monoisotopic (exact) mass is 555 g/mol. The first-order chi connectivity index (χ1) is 17.3. The van der Waals surface area contributed by atoms with Crippen LogP contribution < -0.4 is 4.90 Å². The van der Waals surface area contributed by atoms with Crippen LogP contribution in [0.3, 0.4) is 0 Å². The summed E-state index contributed by atoms with van der Waals surface area (Å²) in [6.07, 6.45) is 6.09. The number of nitrogens with zero attached hydrogens (tertiary/aromatic N) is 1. The van der Waals surface area contributed by atoms with Gasteiger partial charge in [0, 0.05) is 30.6 Å². The van der Waals surface area contributed by atoms with E-state index < -0.39 is 18.7 Å². The number of hydrogen-bond donors (Lipinski definition) is 0. The fourth-order valence-corrected chi connectivity index (χ4v) is 9.08. The average Bonchev–Trinajstić information content (AvgIpc) is 3.30. The average molecular weight is 556 g/mol. The van der Waals surface area contributed by atoms with E-state index in [1.807, 2.05) is 17.9 Å². The maximum absolute atomic E-state index is 14.2. The summed E-state index contributed by atoms with van der Waals surface area (Å²) in [4.78, 5) is 30.6. The van der Waals surface area contributed by atoms with Crippen LogP contribution in [0.5, 0.6) is 0 Å². The van der Waals surface area contributed by atoms with Gasteiger partial charge in [-0.15, -0.1) is 11.3 Å². The highest BCUT2D eigenvalue weighted by atomic mass is 32.1. The highest BCUT2D eigenvalue weighted by Gasteiger charge is 2.50. The van der Waals surface area contributed by atoms with Crippen LogP contribution in [0.25, 0.3) is 0 Å². The molecule has 0 aliphatic heterocycles. The Morgan fingerprint density at radius 3 is 2.19 bits per heavy atom. The number of carbonyl (C=O) groups is 2. The molecule has 2 saturated carbocycles. The van der Waals surface area contributed by atoms with Crippen LogP contribution in [0.2, 0.25) is 0 Å². The minimum atomic E-state index is -3.03. The van der Waals surface area contributed by atoms with Gasteiger partial charge in [-0.1, -0.05) is 27.7 Å². The Morgan fingerprint density at radius 1 is 1.11 bits per heavy atom. The molecule has 0 bridgehead atoms. The third-order valence-electron chi connectivity index (χ3n) is 8.28. The van der Waals surface area contributed by atoms with Gasteiger partial charge in [0.25, 0.3) is 0 Å². The zero-order chi connectivity index (χ0) is 27.6. The smallest absolute Gasteiger partial charge is 0.350 e. The van der Waals surface area contributed by atoms with Gasteiger partial charge in [0.15, 0.2) is 0 Å². The molecule has 3 rings (SSSR count). The highest BCUT2D eigenvalue weighted by molar-refractivity contribution is 7.59. The minimum absolute atomic E-state index is 0.0607. The molecule has 0 aromatic carbocycles. The van der Waals surface area contributed by atoms with Gasteiger partial charge in [0.1, 0.15) is 10.2 Å². The Bertz CT molecular complexity index is 999. The van der Waals surface area contributed by atoms with Crippen LogP contribution in [0.1, 0.15) is 101 Å². The van der Waals surface area contributed by atoms with Crippen molar-refractivity contribution in [3.05, 3.63) is 15.8 Å². The van der Waals surface area contributed by atoms with Crippen molar-refractivity contribution in [2.75, 3.05) is 32.4 Å². The number of amides is 1. The second kappa shape index (κ2) is 11.9. The molecule has 0 saturated heterocycles. The molecule has 0 radical (unpaired) electrons. The number of esters is 1. The first-order valence-electron chi connectivity index (χ1n) is 13.6. The molecule has 210 valence electrons. The third-order valence-corrected chi connectivity index (χ3v) is 12.7. The number of thiophene rings is 1. The van der Waals surface area contributed by atoms with Crippen molar-refractivity contribution in [3.8, 4) is 0 Å². The Hall–Kier alpha value is -1.21. The van der Waals surface area contributed by atoms with E-state index in [1.54, 1.807) is 13.8 Å². The fourth-order valence-electron chi connectivity index (χ4n) is 5.82. The number of ether oxygens (including phenoxy) is 2. The second-order valence-electron chi connectivity index (χ2n) is 11.9. The molecular weight excluding hydrogens is 509 g/mol. The van der Waals surface area contributed by atoms with Gasteiger partial charge in [-0.05, 0) is 75.7 Å². The lowest BCUT2D eigenvalue weighted by Crippen LogP contribution is -2.49. The number of hydrogen-bond acceptors (Lipinski definition) is 7. The lowest BCUT2D eigenvalue weighted by atomic mass is 9.81. The Balaban J connectivity index is 2.02. The molecule has 1 amide bonds. The molecule has 0 N–H and O–H groups in total. The molecule has 2 aliphatic carbocycles. The van der Waals surface area contributed by atoms with Crippen molar-refractivity contribution in [1.82, 2.24) is 0 Å². The van der Waals surface area contributed by atoms with Gasteiger partial charge < -0.3 is 18.9 Å². The number of methoxy groups -OCH3 is 2. The molecule has 1 atom stereocenters.